The first-order valence-corrected chi connectivity index (χ1v) is 12.1. The molecule has 174 valence electrons. The summed E-state index contributed by atoms with van der Waals surface area (Å²) in [5.74, 6) is 1.36. The predicted octanol–water partition coefficient (Wildman–Crippen LogP) is 6.54. The average molecular weight is 489 g/mol. The van der Waals surface area contributed by atoms with Crippen LogP contribution in [-0.2, 0) is 0 Å². The van der Waals surface area contributed by atoms with Gasteiger partial charge < -0.3 is 10.1 Å². The Morgan fingerprint density at radius 1 is 0.778 bits per heavy atom. The number of anilines is 2. The van der Waals surface area contributed by atoms with E-state index in [1.54, 1.807) is 25.7 Å². The summed E-state index contributed by atoms with van der Waals surface area (Å²) in [7, 11) is 1.62. The van der Waals surface area contributed by atoms with E-state index in [0.717, 1.165) is 48.7 Å². The standard InChI is InChI=1S/C28H20N6OS/c1-35-20-15-23-27(31-17-20)24(13-14-29-23)36-25-12-11-19(16-30-25)32-28-22-10-6-5-9-21(22)26(33-34-28)18-7-3-2-4-8-18/h2-17H,1H3,(H,32,34). The number of hydrogen-bond acceptors (Lipinski definition) is 8. The normalized spacial score (nSPS) is 11.0. The monoisotopic (exact) mass is 488 g/mol. The van der Waals surface area contributed by atoms with Crippen LogP contribution in [0.15, 0.2) is 107 Å². The Morgan fingerprint density at radius 2 is 1.61 bits per heavy atom. The Bertz CT molecular complexity index is 1680. The molecule has 0 aliphatic heterocycles. The zero-order chi connectivity index (χ0) is 24.3. The highest BCUT2D eigenvalue weighted by Crippen LogP contribution is 2.33. The third kappa shape index (κ3) is 4.30. The number of hydrogen-bond donors (Lipinski definition) is 1. The van der Waals surface area contributed by atoms with Gasteiger partial charge in [0.15, 0.2) is 5.82 Å². The zero-order valence-electron chi connectivity index (χ0n) is 19.3. The third-order valence-electron chi connectivity index (χ3n) is 5.70. The highest BCUT2D eigenvalue weighted by atomic mass is 32.2. The number of nitrogens with zero attached hydrogens (tertiary/aromatic N) is 5. The van der Waals surface area contributed by atoms with E-state index in [9.17, 15) is 0 Å². The molecule has 0 amide bonds. The molecule has 4 aromatic heterocycles. The number of benzene rings is 2. The lowest BCUT2D eigenvalue weighted by Crippen LogP contribution is -1.99. The third-order valence-corrected chi connectivity index (χ3v) is 6.70. The van der Waals surface area contributed by atoms with Crippen molar-refractivity contribution in [3.05, 3.63) is 97.5 Å². The lowest BCUT2D eigenvalue weighted by Gasteiger charge is -2.11. The quantitative estimate of drug-likeness (QED) is 0.283. The molecule has 0 fully saturated rings. The molecule has 0 radical (unpaired) electrons. The maximum absolute atomic E-state index is 5.26. The second kappa shape index (κ2) is 9.59. The fraction of sp³-hybridized carbons (Fsp3) is 0.0357. The van der Waals surface area contributed by atoms with Gasteiger partial charge in [0.25, 0.3) is 0 Å². The van der Waals surface area contributed by atoms with Crippen LogP contribution in [0.2, 0.25) is 0 Å². The molecule has 2 aromatic carbocycles. The van der Waals surface area contributed by atoms with Crippen LogP contribution in [0.4, 0.5) is 11.5 Å². The minimum Gasteiger partial charge on any atom is -0.495 e. The minimum absolute atomic E-state index is 0.679. The van der Waals surface area contributed by atoms with E-state index in [0.29, 0.717) is 11.6 Å². The molecule has 0 aliphatic rings. The van der Waals surface area contributed by atoms with Crippen molar-refractivity contribution in [1.82, 2.24) is 25.1 Å². The van der Waals surface area contributed by atoms with E-state index < -0.39 is 0 Å². The van der Waals surface area contributed by atoms with Gasteiger partial charge in [0.1, 0.15) is 22.0 Å². The second-order valence-electron chi connectivity index (χ2n) is 7.97. The lowest BCUT2D eigenvalue weighted by atomic mass is 10.0. The van der Waals surface area contributed by atoms with Gasteiger partial charge in [0.05, 0.1) is 30.7 Å². The Hall–Kier alpha value is -4.56. The molecular formula is C28H20N6OS. The van der Waals surface area contributed by atoms with Gasteiger partial charge in [-0.15, -0.1) is 10.2 Å². The zero-order valence-corrected chi connectivity index (χ0v) is 20.1. The van der Waals surface area contributed by atoms with Crippen molar-refractivity contribution in [3.8, 4) is 17.0 Å². The fourth-order valence-electron chi connectivity index (χ4n) is 3.95. The fourth-order valence-corrected chi connectivity index (χ4v) is 4.80. The summed E-state index contributed by atoms with van der Waals surface area (Å²) >= 11 is 1.54. The van der Waals surface area contributed by atoms with Crippen LogP contribution in [0, 0.1) is 0 Å². The predicted molar refractivity (Wildman–Crippen MR) is 143 cm³/mol. The molecule has 0 spiro atoms. The molecule has 0 saturated heterocycles. The van der Waals surface area contributed by atoms with Crippen molar-refractivity contribution in [2.24, 2.45) is 0 Å². The summed E-state index contributed by atoms with van der Waals surface area (Å²) in [6.45, 7) is 0. The van der Waals surface area contributed by atoms with Crippen molar-refractivity contribution in [2.75, 3.05) is 12.4 Å². The Balaban J connectivity index is 1.26. The molecule has 8 heteroatoms. The topological polar surface area (TPSA) is 85.7 Å². The molecular weight excluding hydrogens is 468 g/mol. The highest BCUT2D eigenvalue weighted by molar-refractivity contribution is 7.99. The molecule has 0 atom stereocenters. The van der Waals surface area contributed by atoms with E-state index in [4.69, 9.17) is 4.74 Å². The molecule has 36 heavy (non-hydrogen) atoms. The SMILES string of the molecule is COc1cnc2c(Sc3ccc(Nc4nnc(-c5ccccc5)c5ccccc45)cn3)ccnc2c1. The smallest absolute Gasteiger partial charge is 0.161 e. The Kier molecular flexibility index (Phi) is 5.85. The molecule has 4 heterocycles. The highest BCUT2D eigenvalue weighted by Gasteiger charge is 2.12. The summed E-state index contributed by atoms with van der Waals surface area (Å²) in [4.78, 5) is 14.5. The van der Waals surface area contributed by atoms with Crippen molar-refractivity contribution in [2.45, 2.75) is 9.92 Å². The van der Waals surface area contributed by atoms with E-state index in [2.05, 4.69) is 36.5 Å². The second-order valence-corrected chi connectivity index (χ2v) is 9.04. The van der Waals surface area contributed by atoms with Crippen LogP contribution in [0.3, 0.4) is 0 Å². The van der Waals surface area contributed by atoms with Crippen LogP contribution in [-0.4, -0.2) is 32.3 Å². The van der Waals surface area contributed by atoms with Gasteiger partial charge in [0.2, 0.25) is 0 Å². The Morgan fingerprint density at radius 3 is 2.42 bits per heavy atom. The number of fused-ring (bicyclic) bond motifs is 2. The molecule has 0 bridgehead atoms. The van der Waals surface area contributed by atoms with Gasteiger partial charge in [-0.3, -0.25) is 4.98 Å². The number of nitrogens with one attached hydrogen (secondary N) is 1. The van der Waals surface area contributed by atoms with Crippen LogP contribution in [0.5, 0.6) is 5.75 Å². The Labute approximate surface area is 211 Å². The maximum Gasteiger partial charge on any atom is 0.161 e. The van der Waals surface area contributed by atoms with Crippen molar-refractivity contribution in [1.29, 1.82) is 0 Å². The summed E-state index contributed by atoms with van der Waals surface area (Å²) in [6.07, 6.45) is 5.26. The summed E-state index contributed by atoms with van der Waals surface area (Å²) < 4.78 is 5.26. The van der Waals surface area contributed by atoms with Crippen LogP contribution in [0.1, 0.15) is 0 Å². The molecule has 1 N–H and O–H groups in total. The van der Waals surface area contributed by atoms with Gasteiger partial charge in [-0.25, -0.2) is 9.97 Å². The van der Waals surface area contributed by atoms with E-state index >= 15 is 0 Å². The molecule has 6 rings (SSSR count). The van der Waals surface area contributed by atoms with Crippen LogP contribution >= 0.6 is 11.8 Å². The summed E-state index contributed by atoms with van der Waals surface area (Å²) in [5, 5.41) is 15.3. The minimum atomic E-state index is 0.679. The van der Waals surface area contributed by atoms with Crippen molar-refractivity contribution >= 4 is 45.1 Å². The van der Waals surface area contributed by atoms with Gasteiger partial charge in [-0.1, -0.05) is 66.4 Å². The first kappa shape index (κ1) is 21.9. The molecule has 6 aromatic rings. The maximum atomic E-state index is 5.26. The van der Waals surface area contributed by atoms with E-state index in [1.165, 1.54) is 11.8 Å². The summed E-state index contributed by atoms with van der Waals surface area (Å²) in [5.41, 5.74) is 4.31. The van der Waals surface area contributed by atoms with Crippen LogP contribution < -0.4 is 10.1 Å². The average Bonchev–Trinajstić information content (AvgIpc) is 2.94. The molecule has 0 aliphatic carbocycles. The molecule has 0 unspecified atom stereocenters. The number of ether oxygens (including phenoxy) is 1. The van der Waals surface area contributed by atoms with Gasteiger partial charge in [-0.2, -0.15) is 0 Å². The van der Waals surface area contributed by atoms with Crippen LogP contribution in [0.25, 0.3) is 33.1 Å². The summed E-state index contributed by atoms with van der Waals surface area (Å²) in [6, 6.07) is 26.0. The van der Waals surface area contributed by atoms with Crippen molar-refractivity contribution < 1.29 is 4.74 Å². The largest absolute Gasteiger partial charge is 0.495 e. The van der Waals surface area contributed by atoms with E-state index in [1.807, 2.05) is 72.8 Å². The number of methoxy groups -OCH3 is 1. The molecule has 0 saturated carbocycles. The lowest BCUT2D eigenvalue weighted by molar-refractivity contribution is 0.413. The number of rotatable bonds is 6. The number of aromatic nitrogens is 5. The molecule has 7 nitrogen and oxygen atoms in total. The van der Waals surface area contributed by atoms with Crippen molar-refractivity contribution in [3.63, 3.8) is 0 Å². The first-order chi connectivity index (χ1) is 17.8. The van der Waals surface area contributed by atoms with Gasteiger partial charge in [0, 0.05) is 33.5 Å². The number of pyridine rings is 3. The van der Waals surface area contributed by atoms with Gasteiger partial charge >= 0.3 is 0 Å². The van der Waals surface area contributed by atoms with Gasteiger partial charge in [-0.05, 0) is 18.2 Å². The van der Waals surface area contributed by atoms with E-state index in [-0.39, 0.29) is 0 Å². The first-order valence-electron chi connectivity index (χ1n) is 11.3.